The van der Waals surface area contributed by atoms with Crippen LogP contribution in [0.1, 0.15) is 25.5 Å². The molecule has 0 amide bonds. The number of nitro groups is 1. The Morgan fingerprint density at radius 3 is 2.71 bits per heavy atom. The number of nitrogens with zero attached hydrogens (tertiary/aromatic N) is 3. The quantitative estimate of drug-likeness (QED) is 0.587. The van der Waals surface area contributed by atoms with Gasteiger partial charge in [-0.25, -0.2) is 0 Å². The molecule has 0 N–H and O–H groups in total. The van der Waals surface area contributed by atoms with Gasteiger partial charge in [0.25, 0.3) is 5.69 Å². The van der Waals surface area contributed by atoms with E-state index in [-0.39, 0.29) is 11.7 Å². The summed E-state index contributed by atoms with van der Waals surface area (Å²) in [5.41, 5.74) is 1.32. The van der Waals surface area contributed by atoms with Gasteiger partial charge >= 0.3 is 0 Å². The monoisotopic (exact) mass is 229 g/mol. The van der Waals surface area contributed by atoms with Crippen LogP contribution >= 0.6 is 0 Å². The van der Waals surface area contributed by atoms with Crippen LogP contribution in [0.2, 0.25) is 0 Å². The van der Waals surface area contributed by atoms with Gasteiger partial charge in [0.15, 0.2) is 0 Å². The second-order valence-electron chi connectivity index (χ2n) is 4.12. The van der Waals surface area contributed by atoms with E-state index in [1.165, 1.54) is 6.20 Å². The maximum atomic E-state index is 10.9. The smallest absolute Gasteiger partial charge is 0.294 e. The Bertz CT molecular complexity index is 635. The number of aromatic nitrogens is 1. The number of fused-ring (bicyclic) bond motifs is 1. The lowest BCUT2D eigenvalue weighted by molar-refractivity contribution is -0.383. The molecule has 0 aliphatic heterocycles. The lowest BCUT2D eigenvalue weighted by atomic mass is 10.1. The van der Waals surface area contributed by atoms with E-state index in [4.69, 9.17) is 5.26 Å². The predicted octanol–water partition coefficient (Wildman–Crippen LogP) is 3.00. The van der Waals surface area contributed by atoms with Crippen LogP contribution in [0.25, 0.3) is 10.9 Å². The van der Waals surface area contributed by atoms with E-state index >= 15 is 0 Å². The number of hydrogen-bond donors (Lipinski definition) is 0. The summed E-state index contributed by atoms with van der Waals surface area (Å²) in [4.78, 5) is 10.5. The summed E-state index contributed by atoms with van der Waals surface area (Å²) in [5, 5.41) is 20.4. The van der Waals surface area contributed by atoms with E-state index in [0.717, 1.165) is 5.52 Å². The fourth-order valence-electron chi connectivity index (χ4n) is 1.87. The minimum atomic E-state index is -0.396. The van der Waals surface area contributed by atoms with E-state index in [0.29, 0.717) is 10.9 Å². The highest BCUT2D eigenvalue weighted by atomic mass is 16.6. The molecular formula is C12H11N3O2. The second kappa shape index (κ2) is 3.91. The molecule has 0 atom stereocenters. The number of benzene rings is 1. The molecule has 5 nitrogen and oxygen atoms in total. The van der Waals surface area contributed by atoms with Gasteiger partial charge in [0.1, 0.15) is 0 Å². The van der Waals surface area contributed by atoms with Crippen molar-refractivity contribution >= 4 is 16.6 Å². The Balaban J connectivity index is 2.82. The van der Waals surface area contributed by atoms with Crippen molar-refractivity contribution in [1.29, 1.82) is 5.26 Å². The molecule has 0 fully saturated rings. The molecule has 1 heterocycles. The SMILES string of the molecule is CC(C)n1cc([N+](=O)[O-])c2ccc(C#N)cc21. The Morgan fingerprint density at radius 1 is 1.47 bits per heavy atom. The highest BCUT2D eigenvalue weighted by Gasteiger charge is 2.18. The molecule has 86 valence electrons. The maximum absolute atomic E-state index is 10.9. The summed E-state index contributed by atoms with van der Waals surface area (Å²) in [5.74, 6) is 0. The normalized spacial score (nSPS) is 10.7. The summed E-state index contributed by atoms with van der Waals surface area (Å²) in [7, 11) is 0. The number of nitriles is 1. The van der Waals surface area contributed by atoms with Crippen molar-refractivity contribution in [2.45, 2.75) is 19.9 Å². The first kappa shape index (κ1) is 11.1. The minimum absolute atomic E-state index is 0.0817. The molecule has 0 saturated heterocycles. The van der Waals surface area contributed by atoms with E-state index in [1.807, 2.05) is 24.5 Å². The van der Waals surface area contributed by atoms with Gasteiger partial charge in [0.2, 0.25) is 0 Å². The summed E-state index contributed by atoms with van der Waals surface area (Å²) in [6, 6.07) is 7.06. The summed E-state index contributed by atoms with van der Waals surface area (Å²) in [6.45, 7) is 3.89. The highest BCUT2D eigenvalue weighted by molar-refractivity contribution is 5.90. The Labute approximate surface area is 98.0 Å². The Hall–Kier alpha value is -2.35. The molecule has 5 heteroatoms. The van der Waals surface area contributed by atoms with Crippen LogP contribution in [0, 0.1) is 21.4 Å². The minimum Gasteiger partial charge on any atom is -0.339 e. The third-order valence-electron chi connectivity index (χ3n) is 2.70. The molecule has 2 aromatic rings. The molecule has 17 heavy (non-hydrogen) atoms. The summed E-state index contributed by atoms with van der Waals surface area (Å²) >= 11 is 0. The van der Waals surface area contributed by atoms with Crippen molar-refractivity contribution < 1.29 is 4.92 Å². The third kappa shape index (κ3) is 1.74. The molecule has 0 unspecified atom stereocenters. The van der Waals surface area contributed by atoms with Crippen molar-refractivity contribution in [2.75, 3.05) is 0 Å². The van der Waals surface area contributed by atoms with Crippen LogP contribution in [-0.4, -0.2) is 9.49 Å². The van der Waals surface area contributed by atoms with Crippen LogP contribution in [0.5, 0.6) is 0 Å². The molecule has 0 spiro atoms. The molecule has 0 bridgehead atoms. The first-order chi connectivity index (χ1) is 8.04. The van der Waals surface area contributed by atoms with Crippen LogP contribution < -0.4 is 0 Å². The maximum Gasteiger partial charge on any atom is 0.294 e. The van der Waals surface area contributed by atoms with E-state index < -0.39 is 4.92 Å². The molecule has 0 radical (unpaired) electrons. The van der Waals surface area contributed by atoms with Crippen LogP contribution in [0.4, 0.5) is 5.69 Å². The fourth-order valence-corrected chi connectivity index (χ4v) is 1.87. The summed E-state index contributed by atoms with van der Waals surface area (Å²) in [6.07, 6.45) is 1.52. The zero-order valence-corrected chi connectivity index (χ0v) is 9.54. The zero-order chi connectivity index (χ0) is 12.6. The first-order valence-electron chi connectivity index (χ1n) is 5.23. The zero-order valence-electron chi connectivity index (χ0n) is 9.54. The Kier molecular flexibility index (Phi) is 2.56. The topological polar surface area (TPSA) is 71.9 Å². The second-order valence-corrected chi connectivity index (χ2v) is 4.12. The van der Waals surface area contributed by atoms with Gasteiger partial charge in [-0.15, -0.1) is 0 Å². The average molecular weight is 229 g/mol. The van der Waals surface area contributed by atoms with Crippen molar-refractivity contribution in [1.82, 2.24) is 4.57 Å². The standard InChI is InChI=1S/C12H11N3O2/c1-8(2)14-7-12(15(16)17)10-4-3-9(6-13)5-11(10)14/h3-5,7-8H,1-2H3. The molecule has 0 saturated carbocycles. The van der Waals surface area contributed by atoms with Crippen molar-refractivity contribution in [3.05, 3.63) is 40.1 Å². The van der Waals surface area contributed by atoms with Gasteiger partial charge in [-0.05, 0) is 32.0 Å². The van der Waals surface area contributed by atoms with Gasteiger partial charge in [-0.2, -0.15) is 5.26 Å². The third-order valence-corrected chi connectivity index (χ3v) is 2.70. The molecule has 0 aliphatic carbocycles. The predicted molar refractivity (Wildman–Crippen MR) is 63.7 cm³/mol. The van der Waals surface area contributed by atoms with Crippen molar-refractivity contribution in [3.8, 4) is 6.07 Å². The van der Waals surface area contributed by atoms with Gasteiger partial charge in [0, 0.05) is 6.04 Å². The molecule has 0 aliphatic rings. The summed E-state index contributed by atoms with van der Waals surface area (Å²) < 4.78 is 1.81. The Morgan fingerprint density at radius 2 is 2.18 bits per heavy atom. The lowest BCUT2D eigenvalue weighted by Crippen LogP contribution is -1.98. The molecule has 2 rings (SSSR count). The average Bonchev–Trinajstić information content (AvgIpc) is 2.67. The van der Waals surface area contributed by atoms with E-state index in [9.17, 15) is 10.1 Å². The van der Waals surface area contributed by atoms with Crippen LogP contribution in [-0.2, 0) is 0 Å². The van der Waals surface area contributed by atoms with Gasteiger partial charge in [-0.1, -0.05) is 0 Å². The van der Waals surface area contributed by atoms with Crippen LogP contribution in [0.15, 0.2) is 24.4 Å². The number of hydrogen-bond acceptors (Lipinski definition) is 3. The van der Waals surface area contributed by atoms with Crippen LogP contribution in [0.3, 0.4) is 0 Å². The highest BCUT2D eigenvalue weighted by Crippen LogP contribution is 2.30. The molecule has 1 aromatic heterocycles. The molecular weight excluding hydrogens is 218 g/mol. The molecule has 1 aromatic carbocycles. The van der Waals surface area contributed by atoms with Crippen molar-refractivity contribution in [2.24, 2.45) is 0 Å². The van der Waals surface area contributed by atoms with Crippen molar-refractivity contribution in [3.63, 3.8) is 0 Å². The first-order valence-corrected chi connectivity index (χ1v) is 5.23. The van der Waals surface area contributed by atoms with Gasteiger partial charge < -0.3 is 4.57 Å². The van der Waals surface area contributed by atoms with E-state index in [1.54, 1.807) is 18.2 Å². The lowest BCUT2D eigenvalue weighted by Gasteiger charge is -2.07. The van der Waals surface area contributed by atoms with Gasteiger partial charge in [-0.3, -0.25) is 10.1 Å². The van der Waals surface area contributed by atoms with Gasteiger partial charge in [0.05, 0.1) is 33.7 Å². The fraction of sp³-hybridized carbons (Fsp3) is 0.250. The van der Waals surface area contributed by atoms with E-state index in [2.05, 4.69) is 0 Å². The number of rotatable bonds is 2. The largest absolute Gasteiger partial charge is 0.339 e.